The molecule has 0 atom stereocenters. The van der Waals surface area contributed by atoms with Gasteiger partial charge in [0.2, 0.25) is 0 Å². The van der Waals surface area contributed by atoms with E-state index in [-0.39, 0.29) is 11.3 Å². The molecular weight excluding hydrogens is 324 g/mol. The van der Waals surface area contributed by atoms with Crippen LogP contribution in [-0.2, 0) is 0 Å². The van der Waals surface area contributed by atoms with Gasteiger partial charge in [-0.25, -0.2) is 9.78 Å². The summed E-state index contributed by atoms with van der Waals surface area (Å²) in [5, 5.41) is 10.1. The topological polar surface area (TPSA) is 75.2 Å². The van der Waals surface area contributed by atoms with Crippen LogP contribution in [0, 0.1) is 0 Å². The average Bonchev–Trinajstić information content (AvgIpc) is 2.85. The van der Waals surface area contributed by atoms with Crippen molar-refractivity contribution in [3.05, 3.63) is 52.8 Å². The first-order chi connectivity index (χ1) is 9.63. The van der Waals surface area contributed by atoms with Gasteiger partial charge in [-0.2, -0.15) is 0 Å². The van der Waals surface area contributed by atoms with Crippen molar-refractivity contribution in [1.29, 1.82) is 0 Å². The molecule has 2 heterocycles. The summed E-state index contributed by atoms with van der Waals surface area (Å²) >= 11 is 3.30. The second-order valence-corrected chi connectivity index (χ2v) is 5.05. The summed E-state index contributed by atoms with van der Waals surface area (Å²) in [5.41, 5.74) is 0.854. The fourth-order valence-corrected chi connectivity index (χ4v) is 2.20. The molecule has 0 bridgehead atoms. The smallest absolute Gasteiger partial charge is 0.339 e. The van der Waals surface area contributed by atoms with Crippen molar-refractivity contribution >= 4 is 32.9 Å². The second kappa shape index (κ2) is 4.97. The summed E-state index contributed by atoms with van der Waals surface area (Å²) < 4.78 is 6.39. The van der Waals surface area contributed by atoms with Gasteiger partial charge in [-0.3, -0.25) is 0 Å². The lowest BCUT2D eigenvalue weighted by atomic mass is 10.2. The van der Waals surface area contributed by atoms with Gasteiger partial charge in [0.15, 0.2) is 0 Å². The fraction of sp³-hybridized carbons (Fsp3) is 0. The number of carboxylic acids is 1. The Hall–Kier alpha value is -2.34. The Morgan fingerprint density at radius 1 is 1.30 bits per heavy atom. The lowest BCUT2D eigenvalue weighted by Gasteiger charge is -2.09. The number of carboxylic acid groups (broad SMARTS) is 1. The predicted octanol–water partition coefficient (Wildman–Crippen LogP) is 3.82. The van der Waals surface area contributed by atoms with Crippen molar-refractivity contribution in [2.75, 3.05) is 0 Å². The molecule has 3 rings (SSSR count). The predicted molar refractivity (Wildman–Crippen MR) is 77.3 cm³/mol. The van der Waals surface area contributed by atoms with E-state index < -0.39 is 5.97 Å². The van der Waals surface area contributed by atoms with Gasteiger partial charge in [0.05, 0.1) is 6.20 Å². The molecule has 0 aliphatic rings. The molecule has 0 amide bonds. The zero-order valence-electron chi connectivity index (χ0n) is 10.1. The van der Waals surface area contributed by atoms with Gasteiger partial charge in [0, 0.05) is 16.1 Å². The number of hydrogen-bond donors (Lipinski definition) is 2. The van der Waals surface area contributed by atoms with Crippen LogP contribution in [0.15, 0.2) is 47.2 Å². The largest absolute Gasteiger partial charge is 0.478 e. The van der Waals surface area contributed by atoms with Gasteiger partial charge < -0.3 is 14.8 Å². The molecule has 1 aromatic carbocycles. The number of aromatic amines is 1. The van der Waals surface area contributed by atoms with E-state index >= 15 is 0 Å². The van der Waals surface area contributed by atoms with E-state index in [1.54, 1.807) is 30.6 Å². The first kappa shape index (κ1) is 12.7. The lowest BCUT2D eigenvalue weighted by molar-refractivity contribution is 0.0694. The minimum absolute atomic E-state index is 0.0994. The number of nitrogens with one attached hydrogen (secondary N) is 1. The van der Waals surface area contributed by atoms with Crippen LogP contribution in [0.3, 0.4) is 0 Å². The number of hydrogen-bond acceptors (Lipinski definition) is 3. The summed E-state index contributed by atoms with van der Waals surface area (Å²) in [6, 6.07) is 8.43. The van der Waals surface area contributed by atoms with Crippen molar-refractivity contribution < 1.29 is 14.6 Å². The summed E-state index contributed by atoms with van der Waals surface area (Å²) in [5.74, 6) is -0.288. The van der Waals surface area contributed by atoms with Crippen LogP contribution in [0.25, 0.3) is 11.0 Å². The van der Waals surface area contributed by atoms with Crippen LogP contribution in [0.1, 0.15) is 10.4 Å². The Morgan fingerprint density at radius 2 is 2.15 bits per heavy atom. The number of carbonyl (C=O) groups is 1. The molecule has 0 saturated heterocycles. The molecule has 6 heteroatoms. The third-order valence-electron chi connectivity index (χ3n) is 2.78. The molecule has 0 aliphatic carbocycles. The highest BCUT2D eigenvalue weighted by atomic mass is 79.9. The summed E-state index contributed by atoms with van der Waals surface area (Å²) in [6.45, 7) is 0. The van der Waals surface area contributed by atoms with Crippen molar-refractivity contribution in [3.63, 3.8) is 0 Å². The van der Waals surface area contributed by atoms with Crippen LogP contribution < -0.4 is 4.74 Å². The highest BCUT2D eigenvalue weighted by Crippen LogP contribution is 2.29. The third-order valence-corrected chi connectivity index (χ3v) is 3.27. The summed E-state index contributed by atoms with van der Waals surface area (Å²) in [7, 11) is 0. The van der Waals surface area contributed by atoms with Gasteiger partial charge >= 0.3 is 5.97 Å². The van der Waals surface area contributed by atoms with E-state index in [1.807, 2.05) is 6.07 Å². The summed E-state index contributed by atoms with van der Waals surface area (Å²) in [6.07, 6.45) is 3.33. The first-order valence-corrected chi connectivity index (χ1v) is 6.56. The van der Waals surface area contributed by atoms with E-state index in [1.165, 1.54) is 6.07 Å². The molecule has 2 aromatic heterocycles. The number of benzene rings is 1. The monoisotopic (exact) mass is 332 g/mol. The number of rotatable bonds is 3. The Balaban J connectivity index is 2.01. The van der Waals surface area contributed by atoms with Crippen molar-refractivity contribution in [3.8, 4) is 11.5 Å². The number of ether oxygens (including phenoxy) is 1. The number of halogens is 1. The Kier molecular flexibility index (Phi) is 3.15. The maximum absolute atomic E-state index is 11.2. The van der Waals surface area contributed by atoms with Gasteiger partial charge in [0.25, 0.3) is 0 Å². The SMILES string of the molecule is O=C(O)c1ccc(Br)cc1Oc1cnc2[nH]ccc2c1. The molecule has 20 heavy (non-hydrogen) atoms. The van der Waals surface area contributed by atoms with Gasteiger partial charge in [-0.05, 0) is 30.3 Å². The molecule has 100 valence electrons. The quantitative estimate of drug-likeness (QED) is 0.764. The Bertz CT molecular complexity index is 798. The molecule has 0 spiro atoms. The minimum Gasteiger partial charge on any atom is -0.478 e. The van der Waals surface area contributed by atoms with Crippen molar-refractivity contribution in [2.24, 2.45) is 0 Å². The average molecular weight is 333 g/mol. The number of H-pyrrole nitrogens is 1. The van der Waals surface area contributed by atoms with Crippen LogP contribution in [0.2, 0.25) is 0 Å². The number of pyridine rings is 1. The van der Waals surface area contributed by atoms with E-state index in [4.69, 9.17) is 9.84 Å². The molecule has 0 saturated carbocycles. The van der Waals surface area contributed by atoms with Crippen LogP contribution >= 0.6 is 15.9 Å². The summed E-state index contributed by atoms with van der Waals surface area (Å²) in [4.78, 5) is 18.4. The second-order valence-electron chi connectivity index (χ2n) is 4.13. The van der Waals surface area contributed by atoms with E-state index in [9.17, 15) is 4.79 Å². The van der Waals surface area contributed by atoms with Crippen LogP contribution in [0.4, 0.5) is 0 Å². The number of aromatic carboxylic acids is 1. The van der Waals surface area contributed by atoms with Crippen molar-refractivity contribution in [1.82, 2.24) is 9.97 Å². The minimum atomic E-state index is -1.04. The van der Waals surface area contributed by atoms with Crippen molar-refractivity contribution in [2.45, 2.75) is 0 Å². The van der Waals surface area contributed by atoms with Gasteiger partial charge in [-0.1, -0.05) is 15.9 Å². The Labute approximate surface area is 122 Å². The third kappa shape index (κ3) is 2.37. The van der Waals surface area contributed by atoms with E-state index in [0.717, 1.165) is 15.5 Å². The molecule has 0 unspecified atom stereocenters. The van der Waals surface area contributed by atoms with E-state index in [0.29, 0.717) is 5.75 Å². The van der Waals surface area contributed by atoms with Crippen LogP contribution in [-0.4, -0.2) is 21.0 Å². The van der Waals surface area contributed by atoms with Gasteiger partial charge in [0.1, 0.15) is 22.7 Å². The first-order valence-electron chi connectivity index (χ1n) is 5.77. The van der Waals surface area contributed by atoms with E-state index in [2.05, 4.69) is 25.9 Å². The highest BCUT2D eigenvalue weighted by Gasteiger charge is 2.13. The maximum atomic E-state index is 11.2. The zero-order valence-corrected chi connectivity index (χ0v) is 11.7. The van der Waals surface area contributed by atoms with Gasteiger partial charge in [-0.15, -0.1) is 0 Å². The standard InChI is InChI=1S/C14H9BrN2O3/c15-9-1-2-11(14(18)19)12(6-9)20-10-5-8-3-4-16-13(8)17-7-10/h1-7H,(H,16,17)(H,18,19). The molecular formula is C14H9BrN2O3. The maximum Gasteiger partial charge on any atom is 0.339 e. The highest BCUT2D eigenvalue weighted by molar-refractivity contribution is 9.10. The molecule has 0 aliphatic heterocycles. The number of nitrogens with zero attached hydrogens (tertiary/aromatic N) is 1. The molecule has 2 N–H and O–H groups in total. The zero-order chi connectivity index (χ0) is 14.1. The number of aromatic nitrogens is 2. The fourth-order valence-electron chi connectivity index (χ4n) is 1.86. The van der Waals surface area contributed by atoms with Crippen LogP contribution in [0.5, 0.6) is 11.5 Å². The molecule has 3 aromatic rings. The lowest BCUT2D eigenvalue weighted by Crippen LogP contribution is -2.00. The Morgan fingerprint density at radius 3 is 2.95 bits per heavy atom. The number of fused-ring (bicyclic) bond motifs is 1. The molecule has 0 fully saturated rings. The normalized spacial score (nSPS) is 10.7. The molecule has 0 radical (unpaired) electrons. The molecule has 5 nitrogen and oxygen atoms in total.